The Balaban J connectivity index is 1.94. The zero-order valence-corrected chi connectivity index (χ0v) is 10.4. The van der Waals surface area contributed by atoms with E-state index in [9.17, 15) is 0 Å². The molecule has 1 atom stereocenters. The third-order valence-corrected chi connectivity index (χ3v) is 2.65. The molecule has 2 aromatic heterocycles. The average Bonchev–Trinajstić information content (AvgIpc) is 2.73. The Bertz CT molecular complexity index is 491. The highest BCUT2D eigenvalue weighted by Gasteiger charge is 2.07. The van der Waals surface area contributed by atoms with Gasteiger partial charge in [-0.2, -0.15) is 5.10 Å². The minimum Gasteiger partial charge on any atom is -0.304 e. The molecule has 2 heterocycles. The van der Waals surface area contributed by atoms with E-state index in [0.717, 1.165) is 18.1 Å². The molecule has 90 valence electrons. The molecule has 0 aliphatic heterocycles. The van der Waals surface area contributed by atoms with Crippen LogP contribution in [-0.4, -0.2) is 19.7 Å². The SMILES string of the molecule is Cc1nccc(CNC(C)c2cnn(C)c2)n1. The van der Waals surface area contributed by atoms with Gasteiger partial charge in [-0.3, -0.25) is 4.68 Å². The quantitative estimate of drug-likeness (QED) is 0.863. The van der Waals surface area contributed by atoms with Gasteiger partial charge in [-0.25, -0.2) is 9.97 Å². The topological polar surface area (TPSA) is 55.6 Å². The minimum absolute atomic E-state index is 0.263. The van der Waals surface area contributed by atoms with Gasteiger partial charge in [0.25, 0.3) is 0 Å². The van der Waals surface area contributed by atoms with Gasteiger partial charge in [-0.1, -0.05) is 0 Å². The molecule has 0 spiro atoms. The first-order chi connectivity index (χ1) is 8.15. The molecule has 1 unspecified atom stereocenters. The van der Waals surface area contributed by atoms with Crippen molar-refractivity contribution in [3.8, 4) is 0 Å². The molecule has 2 rings (SSSR count). The summed E-state index contributed by atoms with van der Waals surface area (Å²) < 4.78 is 1.81. The highest BCUT2D eigenvalue weighted by molar-refractivity contribution is 5.10. The Labute approximate surface area is 101 Å². The summed E-state index contributed by atoms with van der Waals surface area (Å²) in [4.78, 5) is 8.43. The van der Waals surface area contributed by atoms with Gasteiger partial charge in [0.1, 0.15) is 5.82 Å². The van der Waals surface area contributed by atoms with Crippen LogP contribution in [0, 0.1) is 6.92 Å². The summed E-state index contributed by atoms with van der Waals surface area (Å²) in [5.41, 5.74) is 2.19. The van der Waals surface area contributed by atoms with Crippen LogP contribution in [0.4, 0.5) is 0 Å². The summed E-state index contributed by atoms with van der Waals surface area (Å²) in [6.07, 6.45) is 5.68. The lowest BCUT2D eigenvalue weighted by Crippen LogP contribution is -2.18. The summed E-state index contributed by atoms with van der Waals surface area (Å²) in [6, 6.07) is 2.19. The van der Waals surface area contributed by atoms with Gasteiger partial charge in [-0.05, 0) is 19.9 Å². The normalized spacial score (nSPS) is 12.6. The predicted molar refractivity (Wildman–Crippen MR) is 65.2 cm³/mol. The Morgan fingerprint density at radius 1 is 1.47 bits per heavy atom. The van der Waals surface area contributed by atoms with Gasteiger partial charge >= 0.3 is 0 Å². The second kappa shape index (κ2) is 5.05. The molecule has 0 saturated heterocycles. The van der Waals surface area contributed by atoms with Crippen LogP contribution in [0.5, 0.6) is 0 Å². The van der Waals surface area contributed by atoms with Gasteiger partial charge in [0.05, 0.1) is 11.9 Å². The van der Waals surface area contributed by atoms with Crippen molar-refractivity contribution in [3.05, 3.63) is 41.7 Å². The molecule has 0 aliphatic rings. The molecule has 1 N–H and O–H groups in total. The monoisotopic (exact) mass is 231 g/mol. The summed E-state index contributed by atoms with van der Waals surface area (Å²) >= 11 is 0. The van der Waals surface area contributed by atoms with Crippen LogP contribution >= 0.6 is 0 Å². The first kappa shape index (κ1) is 11.7. The van der Waals surface area contributed by atoms with Crippen LogP contribution in [0.15, 0.2) is 24.7 Å². The molecule has 2 aromatic rings. The third-order valence-electron chi connectivity index (χ3n) is 2.65. The maximum atomic E-state index is 4.35. The largest absolute Gasteiger partial charge is 0.304 e. The van der Waals surface area contributed by atoms with Gasteiger partial charge in [0, 0.05) is 37.6 Å². The molecule has 0 aromatic carbocycles. The fourth-order valence-electron chi connectivity index (χ4n) is 1.64. The fraction of sp³-hybridized carbons (Fsp3) is 0.417. The second-order valence-electron chi connectivity index (χ2n) is 4.15. The summed E-state index contributed by atoms with van der Waals surface area (Å²) in [5, 5.41) is 7.57. The number of hydrogen-bond donors (Lipinski definition) is 1. The average molecular weight is 231 g/mol. The Morgan fingerprint density at radius 2 is 2.29 bits per heavy atom. The van der Waals surface area contributed by atoms with E-state index >= 15 is 0 Å². The van der Waals surface area contributed by atoms with E-state index in [1.165, 1.54) is 5.56 Å². The summed E-state index contributed by atoms with van der Waals surface area (Å²) in [6.45, 7) is 4.75. The predicted octanol–water partition coefficient (Wildman–Crippen LogP) is 1.37. The number of rotatable bonds is 4. The van der Waals surface area contributed by atoms with Gasteiger partial charge in [-0.15, -0.1) is 0 Å². The summed E-state index contributed by atoms with van der Waals surface area (Å²) in [5.74, 6) is 0.804. The van der Waals surface area contributed by atoms with Crippen molar-refractivity contribution in [3.63, 3.8) is 0 Å². The molecule has 0 bridgehead atoms. The van der Waals surface area contributed by atoms with Crippen molar-refractivity contribution in [1.29, 1.82) is 0 Å². The van der Waals surface area contributed by atoms with Crippen molar-refractivity contribution in [2.75, 3.05) is 0 Å². The number of aryl methyl sites for hydroxylation is 2. The number of aromatic nitrogens is 4. The van der Waals surface area contributed by atoms with Gasteiger partial charge in [0.15, 0.2) is 0 Å². The van der Waals surface area contributed by atoms with Crippen molar-refractivity contribution in [2.24, 2.45) is 7.05 Å². The lowest BCUT2D eigenvalue weighted by molar-refractivity contribution is 0.565. The molecule has 5 heteroatoms. The zero-order valence-electron chi connectivity index (χ0n) is 10.4. The Morgan fingerprint density at radius 3 is 2.94 bits per heavy atom. The zero-order chi connectivity index (χ0) is 12.3. The van der Waals surface area contributed by atoms with E-state index in [2.05, 4.69) is 27.3 Å². The molecule has 0 radical (unpaired) electrons. The van der Waals surface area contributed by atoms with E-state index in [-0.39, 0.29) is 6.04 Å². The third kappa shape index (κ3) is 3.10. The van der Waals surface area contributed by atoms with Crippen LogP contribution in [0.1, 0.15) is 30.0 Å². The molecule has 0 aliphatic carbocycles. The summed E-state index contributed by atoms with van der Waals surface area (Å²) in [7, 11) is 1.92. The van der Waals surface area contributed by atoms with Crippen LogP contribution < -0.4 is 5.32 Å². The lowest BCUT2D eigenvalue weighted by atomic mass is 10.2. The van der Waals surface area contributed by atoms with Crippen molar-refractivity contribution >= 4 is 0 Å². The van der Waals surface area contributed by atoms with E-state index in [0.29, 0.717) is 0 Å². The maximum Gasteiger partial charge on any atom is 0.125 e. The molecule has 17 heavy (non-hydrogen) atoms. The molecule has 0 fully saturated rings. The van der Waals surface area contributed by atoms with Crippen LogP contribution in [0.25, 0.3) is 0 Å². The second-order valence-corrected chi connectivity index (χ2v) is 4.15. The van der Waals surface area contributed by atoms with Crippen LogP contribution in [-0.2, 0) is 13.6 Å². The number of nitrogens with zero attached hydrogens (tertiary/aromatic N) is 4. The molecule has 0 saturated carbocycles. The van der Waals surface area contributed by atoms with E-state index < -0.39 is 0 Å². The van der Waals surface area contributed by atoms with E-state index in [1.807, 2.05) is 37.1 Å². The van der Waals surface area contributed by atoms with E-state index in [1.54, 1.807) is 6.20 Å². The van der Waals surface area contributed by atoms with Crippen LogP contribution in [0.2, 0.25) is 0 Å². The molecular formula is C12H17N5. The smallest absolute Gasteiger partial charge is 0.125 e. The minimum atomic E-state index is 0.263. The number of nitrogens with one attached hydrogen (secondary N) is 1. The van der Waals surface area contributed by atoms with Gasteiger partial charge < -0.3 is 5.32 Å². The van der Waals surface area contributed by atoms with Crippen LogP contribution in [0.3, 0.4) is 0 Å². The first-order valence-corrected chi connectivity index (χ1v) is 5.65. The highest BCUT2D eigenvalue weighted by atomic mass is 15.2. The first-order valence-electron chi connectivity index (χ1n) is 5.65. The molecular weight excluding hydrogens is 214 g/mol. The Kier molecular flexibility index (Phi) is 3.49. The molecule has 0 amide bonds. The molecule has 5 nitrogen and oxygen atoms in total. The van der Waals surface area contributed by atoms with E-state index in [4.69, 9.17) is 0 Å². The van der Waals surface area contributed by atoms with Crippen molar-refractivity contribution < 1.29 is 0 Å². The standard InChI is InChI=1S/C12H17N5/c1-9(11-6-15-17(3)8-11)14-7-12-4-5-13-10(2)16-12/h4-6,8-9,14H,7H2,1-3H3. The fourth-order valence-corrected chi connectivity index (χ4v) is 1.64. The lowest BCUT2D eigenvalue weighted by Gasteiger charge is -2.11. The van der Waals surface area contributed by atoms with Gasteiger partial charge in [0.2, 0.25) is 0 Å². The number of hydrogen-bond acceptors (Lipinski definition) is 4. The van der Waals surface area contributed by atoms with Crippen molar-refractivity contribution in [1.82, 2.24) is 25.1 Å². The maximum absolute atomic E-state index is 4.35. The Hall–Kier alpha value is -1.75. The highest BCUT2D eigenvalue weighted by Crippen LogP contribution is 2.10. The van der Waals surface area contributed by atoms with Crippen molar-refractivity contribution in [2.45, 2.75) is 26.4 Å².